The highest BCUT2D eigenvalue weighted by Crippen LogP contribution is 2.37. The highest BCUT2D eigenvalue weighted by molar-refractivity contribution is 8.18. The molecule has 1 aliphatic rings. The number of nitrogens with zero attached hydrogens (tertiary/aromatic N) is 2. The van der Waals surface area contributed by atoms with E-state index in [4.69, 9.17) is 14.5 Å². The normalized spacial score (nSPS) is 16.7. The van der Waals surface area contributed by atoms with Crippen LogP contribution in [0.1, 0.15) is 37.0 Å². The maximum Gasteiger partial charge on any atom is 0.266 e. The molecule has 1 heterocycles. The number of thioether (sulfide) groups is 1. The summed E-state index contributed by atoms with van der Waals surface area (Å²) < 4.78 is 11.5. The molecule has 180 valence electrons. The van der Waals surface area contributed by atoms with Gasteiger partial charge in [-0.15, -0.1) is 0 Å². The van der Waals surface area contributed by atoms with Crippen molar-refractivity contribution in [3.05, 3.63) is 94.4 Å². The zero-order valence-corrected chi connectivity index (χ0v) is 21.3. The van der Waals surface area contributed by atoms with E-state index in [1.807, 2.05) is 92.7 Å². The van der Waals surface area contributed by atoms with E-state index in [0.717, 1.165) is 23.2 Å². The Kier molecular flexibility index (Phi) is 7.93. The van der Waals surface area contributed by atoms with Crippen LogP contribution in [0, 0.1) is 6.92 Å². The number of ether oxygens (including phenoxy) is 2. The van der Waals surface area contributed by atoms with Gasteiger partial charge < -0.3 is 9.47 Å². The smallest absolute Gasteiger partial charge is 0.266 e. The Labute approximate surface area is 211 Å². The van der Waals surface area contributed by atoms with Crippen LogP contribution in [0.3, 0.4) is 0 Å². The Balaban J connectivity index is 1.59. The molecule has 0 spiro atoms. The molecule has 5 nitrogen and oxygen atoms in total. The first kappa shape index (κ1) is 24.6. The second kappa shape index (κ2) is 11.3. The lowest BCUT2D eigenvalue weighted by molar-refractivity contribution is -0.123. The van der Waals surface area contributed by atoms with E-state index in [0.29, 0.717) is 28.2 Å². The van der Waals surface area contributed by atoms with Crippen molar-refractivity contribution in [2.75, 3.05) is 7.11 Å². The van der Waals surface area contributed by atoms with Crippen molar-refractivity contribution in [1.82, 2.24) is 4.90 Å². The van der Waals surface area contributed by atoms with Crippen molar-refractivity contribution in [3.63, 3.8) is 0 Å². The Hall–Kier alpha value is -3.51. The number of amidine groups is 1. The van der Waals surface area contributed by atoms with Crippen molar-refractivity contribution in [1.29, 1.82) is 0 Å². The predicted molar refractivity (Wildman–Crippen MR) is 144 cm³/mol. The standard InChI is InChI=1S/C29H30N2O3S/c1-5-21(3)31-28(32)27(35-29(31)30-24-14-11-20(2)12-15-24)18-23-13-16-25(26(17-23)33-4)34-19-22-9-7-6-8-10-22/h6-18,21H,5,19H2,1-4H3/b27-18+,30-29?/t21-/m1/s1. The third-order valence-electron chi connectivity index (χ3n) is 5.85. The average Bonchev–Trinajstić information content (AvgIpc) is 3.18. The number of methoxy groups -OCH3 is 1. The van der Waals surface area contributed by atoms with Crippen LogP contribution < -0.4 is 9.47 Å². The third kappa shape index (κ3) is 5.95. The van der Waals surface area contributed by atoms with Gasteiger partial charge in [-0.1, -0.05) is 61.0 Å². The van der Waals surface area contributed by atoms with Crippen LogP contribution in [0.25, 0.3) is 6.08 Å². The first-order valence-corrected chi connectivity index (χ1v) is 12.5. The molecule has 1 atom stereocenters. The predicted octanol–water partition coefficient (Wildman–Crippen LogP) is 6.99. The molecule has 3 aromatic carbocycles. The van der Waals surface area contributed by atoms with E-state index in [9.17, 15) is 4.79 Å². The Morgan fingerprint density at radius 1 is 1.03 bits per heavy atom. The molecule has 1 saturated heterocycles. The molecular weight excluding hydrogens is 456 g/mol. The molecule has 1 amide bonds. The molecule has 0 aromatic heterocycles. The van der Waals surface area contributed by atoms with Gasteiger partial charge in [0, 0.05) is 6.04 Å². The number of hydrogen-bond acceptors (Lipinski definition) is 5. The summed E-state index contributed by atoms with van der Waals surface area (Å²) in [5.41, 5.74) is 3.96. The molecule has 0 aliphatic carbocycles. The first-order valence-electron chi connectivity index (χ1n) is 11.7. The van der Waals surface area contributed by atoms with Crippen LogP contribution in [0.2, 0.25) is 0 Å². The molecule has 0 radical (unpaired) electrons. The summed E-state index contributed by atoms with van der Waals surface area (Å²) in [7, 11) is 1.62. The fraction of sp³-hybridized carbons (Fsp3) is 0.241. The Bertz CT molecular complexity index is 1240. The highest BCUT2D eigenvalue weighted by atomic mass is 32.2. The van der Waals surface area contributed by atoms with Gasteiger partial charge >= 0.3 is 0 Å². The summed E-state index contributed by atoms with van der Waals surface area (Å²) in [5, 5.41) is 0.703. The van der Waals surface area contributed by atoms with E-state index in [2.05, 4.69) is 6.92 Å². The molecule has 0 saturated carbocycles. The molecule has 0 unspecified atom stereocenters. The second-order valence-electron chi connectivity index (χ2n) is 8.46. The zero-order valence-electron chi connectivity index (χ0n) is 20.5. The number of benzene rings is 3. The van der Waals surface area contributed by atoms with Crippen LogP contribution in [0.5, 0.6) is 11.5 Å². The van der Waals surface area contributed by atoms with Gasteiger partial charge in [-0.3, -0.25) is 9.69 Å². The van der Waals surface area contributed by atoms with Gasteiger partial charge in [-0.05, 0) is 73.5 Å². The molecule has 35 heavy (non-hydrogen) atoms. The van der Waals surface area contributed by atoms with Crippen LogP contribution in [0.4, 0.5) is 5.69 Å². The maximum atomic E-state index is 13.3. The summed E-state index contributed by atoms with van der Waals surface area (Å²) in [5.74, 6) is 1.25. The number of aryl methyl sites for hydroxylation is 1. The summed E-state index contributed by atoms with van der Waals surface area (Å²) in [6.45, 7) is 6.62. The van der Waals surface area contributed by atoms with Gasteiger partial charge in [-0.25, -0.2) is 4.99 Å². The molecule has 3 aromatic rings. The minimum Gasteiger partial charge on any atom is -0.493 e. The van der Waals surface area contributed by atoms with Gasteiger partial charge in [0.25, 0.3) is 5.91 Å². The summed E-state index contributed by atoms with van der Waals surface area (Å²) in [6.07, 6.45) is 2.73. The third-order valence-corrected chi connectivity index (χ3v) is 6.83. The molecule has 0 bridgehead atoms. The molecule has 4 rings (SSSR count). The summed E-state index contributed by atoms with van der Waals surface area (Å²) in [4.78, 5) is 20.6. The number of hydrogen-bond donors (Lipinski definition) is 0. The Morgan fingerprint density at radius 3 is 2.46 bits per heavy atom. The molecule has 0 N–H and O–H groups in total. The van der Waals surface area contributed by atoms with E-state index < -0.39 is 0 Å². The van der Waals surface area contributed by atoms with E-state index in [1.165, 1.54) is 17.3 Å². The SMILES string of the molecule is CC[C@@H](C)N1C(=O)/C(=C\c2ccc(OCc3ccccc3)c(OC)c2)SC1=Nc1ccc(C)cc1. The maximum absolute atomic E-state index is 13.3. The second-order valence-corrected chi connectivity index (χ2v) is 9.47. The lowest BCUT2D eigenvalue weighted by Gasteiger charge is -2.22. The van der Waals surface area contributed by atoms with Crippen molar-refractivity contribution in [3.8, 4) is 11.5 Å². The van der Waals surface area contributed by atoms with Gasteiger partial charge in [0.05, 0.1) is 17.7 Å². The fourth-order valence-electron chi connectivity index (χ4n) is 3.65. The highest BCUT2D eigenvalue weighted by Gasteiger charge is 2.36. The van der Waals surface area contributed by atoms with Crippen LogP contribution in [-0.4, -0.2) is 29.1 Å². The topological polar surface area (TPSA) is 51.1 Å². The summed E-state index contributed by atoms with van der Waals surface area (Å²) in [6, 6.07) is 23.8. The minimum absolute atomic E-state index is 0.0291. The Morgan fingerprint density at radius 2 is 1.77 bits per heavy atom. The fourth-order valence-corrected chi connectivity index (χ4v) is 4.74. The minimum atomic E-state index is -0.0291. The van der Waals surface area contributed by atoms with E-state index >= 15 is 0 Å². The lowest BCUT2D eigenvalue weighted by Crippen LogP contribution is -2.36. The number of carbonyl (C=O) groups excluding carboxylic acids is 1. The number of carbonyl (C=O) groups is 1. The first-order chi connectivity index (χ1) is 17.0. The zero-order chi connectivity index (χ0) is 24.8. The quantitative estimate of drug-likeness (QED) is 0.322. The van der Waals surface area contributed by atoms with Crippen molar-refractivity contribution in [2.45, 2.75) is 39.8 Å². The lowest BCUT2D eigenvalue weighted by atomic mass is 10.1. The van der Waals surface area contributed by atoms with Crippen LogP contribution in [0.15, 0.2) is 82.7 Å². The van der Waals surface area contributed by atoms with E-state index in [-0.39, 0.29) is 11.9 Å². The molecule has 6 heteroatoms. The molecule has 1 fully saturated rings. The largest absolute Gasteiger partial charge is 0.493 e. The monoisotopic (exact) mass is 486 g/mol. The van der Waals surface area contributed by atoms with Crippen LogP contribution >= 0.6 is 11.8 Å². The molecule has 1 aliphatic heterocycles. The molecular formula is C29H30N2O3S. The van der Waals surface area contributed by atoms with E-state index in [1.54, 1.807) is 12.0 Å². The number of aliphatic imine (C=N–C) groups is 1. The number of amides is 1. The average molecular weight is 487 g/mol. The number of rotatable bonds is 8. The van der Waals surface area contributed by atoms with Gasteiger partial charge in [0.1, 0.15) is 6.61 Å². The van der Waals surface area contributed by atoms with Gasteiger partial charge in [0.15, 0.2) is 16.7 Å². The van der Waals surface area contributed by atoms with Gasteiger partial charge in [-0.2, -0.15) is 0 Å². The van der Waals surface area contributed by atoms with Crippen molar-refractivity contribution >= 4 is 34.6 Å². The van der Waals surface area contributed by atoms with Crippen molar-refractivity contribution < 1.29 is 14.3 Å². The van der Waals surface area contributed by atoms with Crippen molar-refractivity contribution in [2.24, 2.45) is 4.99 Å². The van der Waals surface area contributed by atoms with Crippen LogP contribution in [-0.2, 0) is 11.4 Å². The summed E-state index contributed by atoms with van der Waals surface area (Å²) >= 11 is 1.41. The van der Waals surface area contributed by atoms with Gasteiger partial charge in [0.2, 0.25) is 0 Å².